The van der Waals surface area contributed by atoms with Crippen LogP contribution < -0.4 is 5.32 Å². The summed E-state index contributed by atoms with van der Waals surface area (Å²) in [5, 5.41) is 4.76. The molecule has 0 atom stereocenters. The third-order valence-corrected chi connectivity index (χ3v) is 4.56. The molecule has 18 heavy (non-hydrogen) atoms. The van der Waals surface area contributed by atoms with Crippen molar-refractivity contribution in [2.45, 2.75) is 25.7 Å². The predicted molar refractivity (Wildman–Crippen MR) is 74.6 cm³/mol. The molecule has 2 aromatic rings. The summed E-state index contributed by atoms with van der Waals surface area (Å²) in [6, 6.07) is 12.6. The second kappa shape index (κ2) is 3.71. The highest BCUT2D eigenvalue weighted by Gasteiger charge is 2.53. The topological polar surface area (TPSA) is 24.9 Å². The van der Waals surface area contributed by atoms with Gasteiger partial charge in [0.1, 0.15) is 5.82 Å². The molecule has 0 amide bonds. The lowest BCUT2D eigenvalue weighted by Crippen LogP contribution is -2.17. The third-order valence-electron chi connectivity index (χ3n) is 4.56. The van der Waals surface area contributed by atoms with Gasteiger partial charge in [-0.2, -0.15) is 0 Å². The first kappa shape index (κ1) is 10.4. The van der Waals surface area contributed by atoms with Crippen LogP contribution in [0, 0.1) is 11.3 Å². The van der Waals surface area contributed by atoms with Crippen molar-refractivity contribution in [3.63, 3.8) is 0 Å². The lowest BCUT2D eigenvalue weighted by atomic mass is 10.0. The fourth-order valence-electron chi connectivity index (χ4n) is 3.02. The van der Waals surface area contributed by atoms with Crippen LogP contribution in [0.1, 0.15) is 25.7 Å². The minimum Gasteiger partial charge on any atom is -0.369 e. The van der Waals surface area contributed by atoms with Crippen LogP contribution >= 0.6 is 0 Å². The number of pyridine rings is 1. The summed E-state index contributed by atoms with van der Waals surface area (Å²) in [6.45, 7) is 1.11. The number of hydrogen-bond donors (Lipinski definition) is 1. The van der Waals surface area contributed by atoms with Crippen LogP contribution in [0.2, 0.25) is 0 Å². The summed E-state index contributed by atoms with van der Waals surface area (Å²) in [5.41, 5.74) is 1.71. The fourth-order valence-corrected chi connectivity index (χ4v) is 3.02. The Morgan fingerprint density at radius 1 is 1.11 bits per heavy atom. The number of nitrogens with one attached hydrogen (secondary N) is 1. The zero-order valence-electron chi connectivity index (χ0n) is 10.5. The number of para-hydroxylation sites is 1. The molecule has 1 heterocycles. The first-order valence-corrected chi connectivity index (χ1v) is 6.95. The van der Waals surface area contributed by atoms with Crippen molar-refractivity contribution in [3.05, 3.63) is 36.4 Å². The summed E-state index contributed by atoms with van der Waals surface area (Å²) in [6.07, 6.45) is 5.73. The number of rotatable bonds is 4. The van der Waals surface area contributed by atoms with E-state index in [1.807, 2.05) is 6.07 Å². The minimum atomic E-state index is 0.632. The molecule has 0 unspecified atom stereocenters. The van der Waals surface area contributed by atoms with Gasteiger partial charge < -0.3 is 5.32 Å². The van der Waals surface area contributed by atoms with Gasteiger partial charge in [0.2, 0.25) is 0 Å². The van der Waals surface area contributed by atoms with Gasteiger partial charge >= 0.3 is 0 Å². The number of anilines is 1. The average Bonchev–Trinajstić information content (AvgIpc) is 3.28. The van der Waals surface area contributed by atoms with E-state index >= 15 is 0 Å². The highest BCUT2D eigenvalue weighted by molar-refractivity contribution is 5.80. The van der Waals surface area contributed by atoms with Crippen LogP contribution in [0.25, 0.3) is 10.9 Å². The number of nitrogens with zero attached hydrogens (tertiary/aromatic N) is 1. The smallest absolute Gasteiger partial charge is 0.126 e. The lowest BCUT2D eigenvalue weighted by molar-refractivity contribution is 0.466. The minimum absolute atomic E-state index is 0.632. The van der Waals surface area contributed by atoms with E-state index in [1.54, 1.807) is 0 Å². The van der Waals surface area contributed by atoms with Crippen LogP contribution in [-0.4, -0.2) is 11.5 Å². The normalized spacial score (nSPS) is 20.9. The largest absolute Gasteiger partial charge is 0.369 e. The Morgan fingerprint density at radius 2 is 1.94 bits per heavy atom. The number of benzene rings is 1. The molecule has 2 saturated carbocycles. The Balaban J connectivity index is 1.52. The summed E-state index contributed by atoms with van der Waals surface area (Å²) >= 11 is 0. The van der Waals surface area contributed by atoms with Crippen LogP contribution in [0.4, 0.5) is 5.82 Å². The molecule has 0 radical (unpaired) electrons. The number of hydrogen-bond acceptors (Lipinski definition) is 2. The zero-order valence-corrected chi connectivity index (χ0v) is 10.5. The molecule has 0 spiro atoms. The Kier molecular flexibility index (Phi) is 2.14. The first-order chi connectivity index (χ1) is 8.86. The first-order valence-electron chi connectivity index (χ1n) is 6.95. The van der Waals surface area contributed by atoms with Gasteiger partial charge in [0.25, 0.3) is 0 Å². The molecule has 2 aliphatic carbocycles. The van der Waals surface area contributed by atoms with Gasteiger partial charge in [0.15, 0.2) is 0 Å². The Labute approximate surface area is 107 Å². The van der Waals surface area contributed by atoms with E-state index in [4.69, 9.17) is 0 Å². The van der Waals surface area contributed by atoms with Crippen molar-refractivity contribution >= 4 is 16.7 Å². The Morgan fingerprint density at radius 3 is 2.72 bits per heavy atom. The van der Waals surface area contributed by atoms with E-state index in [2.05, 4.69) is 40.6 Å². The molecule has 2 nitrogen and oxygen atoms in total. The fraction of sp³-hybridized carbons (Fsp3) is 0.438. The Bertz CT molecular complexity index is 582. The van der Waals surface area contributed by atoms with Crippen molar-refractivity contribution < 1.29 is 0 Å². The molecule has 0 aliphatic heterocycles. The Hall–Kier alpha value is -1.57. The second-order valence-electron chi connectivity index (χ2n) is 5.88. The van der Waals surface area contributed by atoms with Crippen LogP contribution in [-0.2, 0) is 0 Å². The highest BCUT2D eigenvalue weighted by atomic mass is 15.0. The molecule has 2 fully saturated rings. The second-order valence-corrected chi connectivity index (χ2v) is 5.88. The van der Waals surface area contributed by atoms with Gasteiger partial charge in [-0.05, 0) is 55.2 Å². The quantitative estimate of drug-likeness (QED) is 0.875. The summed E-state index contributed by atoms with van der Waals surface area (Å²) in [7, 11) is 0. The number of fused-ring (bicyclic) bond motifs is 1. The molecule has 4 rings (SSSR count). The van der Waals surface area contributed by atoms with Gasteiger partial charge in [0.05, 0.1) is 5.52 Å². The predicted octanol–water partition coefficient (Wildman–Crippen LogP) is 3.84. The van der Waals surface area contributed by atoms with E-state index < -0.39 is 0 Å². The molecule has 0 bridgehead atoms. The monoisotopic (exact) mass is 238 g/mol. The molecular weight excluding hydrogens is 220 g/mol. The average molecular weight is 238 g/mol. The zero-order chi connectivity index (χ0) is 12.0. The van der Waals surface area contributed by atoms with E-state index in [9.17, 15) is 0 Å². The van der Waals surface area contributed by atoms with Crippen molar-refractivity contribution in [1.82, 2.24) is 4.98 Å². The molecule has 1 aromatic heterocycles. The van der Waals surface area contributed by atoms with Crippen molar-refractivity contribution in [2.24, 2.45) is 11.3 Å². The van der Waals surface area contributed by atoms with Gasteiger partial charge in [-0.25, -0.2) is 4.98 Å². The van der Waals surface area contributed by atoms with E-state index in [-0.39, 0.29) is 0 Å². The maximum atomic E-state index is 4.67. The molecule has 1 aromatic carbocycles. The van der Waals surface area contributed by atoms with E-state index in [0.29, 0.717) is 5.41 Å². The summed E-state index contributed by atoms with van der Waals surface area (Å²) < 4.78 is 0. The van der Waals surface area contributed by atoms with Crippen LogP contribution in [0.5, 0.6) is 0 Å². The lowest BCUT2D eigenvalue weighted by Gasteiger charge is -2.15. The van der Waals surface area contributed by atoms with E-state index in [1.165, 1.54) is 31.1 Å². The maximum absolute atomic E-state index is 4.67. The summed E-state index contributed by atoms with van der Waals surface area (Å²) in [5.74, 6) is 2.03. The van der Waals surface area contributed by atoms with Crippen LogP contribution in [0.15, 0.2) is 36.4 Å². The molecule has 1 N–H and O–H groups in total. The molecular formula is C16H18N2. The standard InChI is InChI=1S/C16H18N2/c1-2-4-14-12(3-1)5-8-15(18-14)17-11-16(9-10-16)13-6-7-13/h1-5,8,13H,6-7,9-11H2,(H,17,18). The van der Waals surface area contributed by atoms with Gasteiger partial charge in [-0.1, -0.05) is 18.2 Å². The number of aromatic nitrogens is 1. The van der Waals surface area contributed by atoms with Gasteiger partial charge in [-0.3, -0.25) is 0 Å². The van der Waals surface area contributed by atoms with E-state index in [0.717, 1.165) is 23.8 Å². The van der Waals surface area contributed by atoms with Crippen molar-refractivity contribution in [2.75, 3.05) is 11.9 Å². The van der Waals surface area contributed by atoms with Crippen molar-refractivity contribution in [3.8, 4) is 0 Å². The molecule has 92 valence electrons. The van der Waals surface area contributed by atoms with Crippen LogP contribution in [0.3, 0.4) is 0 Å². The third kappa shape index (κ3) is 1.76. The van der Waals surface area contributed by atoms with Gasteiger partial charge in [0, 0.05) is 11.9 Å². The SMILES string of the molecule is c1ccc2nc(NCC3(C4CC4)CC3)ccc2c1. The highest BCUT2D eigenvalue weighted by Crippen LogP contribution is 2.61. The maximum Gasteiger partial charge on any atom is 0.126 e. The molecule has 0 saturated heterocycles. The molecule has 2 heteroatoms. The summed E-state index contributed by atoms with van der Waals surface area (Å²) in [4.78, 5) is 4.67. The van der Waals surface area contributed by atoms with Gasteiger partial charge in [-0.15, -0.1) is 0 Å². The van der Waals surface area contributed by atoms with Crippen molar-refractivity contribution in [1.29, 1.82) is 0 Å². The molecule has 2 aliphatic rings.